The van der Waals surface area contributed by atoms with Gasteiger partial charge in [-0.1, -0.05) is 63.1 Å². The minimum absolute atomic E-state index is 0.0777. The Hall–Kier alpha value is -3.74. The zero-order valence-corrected chi connectivity index (χ0v) is 21.2. The summed E-state index contributed by atoms with van der Waals surface area (Å²) in [4.78, 5) is 18.2. The van der Waals surface area contributed by atoms with Crippen molar-refractivity contribution in [2.24, 2.45) is 0 Å². The summed E-state index contributed by atoms with van der Waals surface area (Å²) in [6.45, 7) is 4.25. The molecule has 0 radical (unpaired) electrons. The van der Waals surface area contributed by atoms with Gasteiger partial charge in [0.05, 0.1) is 5.52 Å². The SMILES string of the molecule is CC(C)c1c(Cc2ccccc2)c2cc(NC3CCCC3)ncn2c1C(=O)NCc1ccc(F)c(F)c1. The second-order valence-corrected chi connectivity index (χ2v) is 10.1. The second-order valence-electron chi connectivity index (χ2n) is 10.1. The number of fused-ring (bicyclic) bond motifs is 1. The Morgan fingerprint density at radius 1 is 1.03 bits per heavy atom. The van der Waals surface area contributed by atoms with E-state index in [-0.39, 0.29) is 18.4 Å². The Morgan fingerprint density at radius 3 is 2.49 bits per heavy atom. The molecule has 1 saturated carbocycles. The number of rotatable bonds is 8. The molecule has 0 unspecified atom stereocenters. The van der Waals surface area contributed by atoms with Crippen LogP contribution in [0.4, 0.5) is 14.6 Å². The first-order chi connectivity index (χ1) is 17.9. The Bertz CT molecular complexity index is 1410. The fraction of sp³-hybridized carbons (Fsp3) is 0.333. The molecule has 0 bridgehead atoms. The summed E-state index contributed by atoms with van der Waals surface area (Å²) < 4.78 is 28.9. The maximum atomic E-state index is 13.7. The fourth-order valence-electron chi connectivity index (χ4n) is 5.35. The van der Waals surface area contributed by atoms with Gasteiger partial charge in [0.25, 0.3) is 5.91 Å². The van der Waals surface area contributed by atoms with Crippen molar-refractivity contribution >= 4 is 17.2 Å². The van der Waals surface area contributed by atoms with Crippen LogP contribution in [-0.4, -0.2) is 21.3 Å². The molecule has 37 heavy (non-hydrogen) atoms. The summed E-state index contributed by atoms with van der Waals surface area (Å²) in [5.74, 6) is -1.22. The molecule has 4 aromatic rings. The third-order valence-electron chi connectivity index (χ3n) is 7.14. The van der Waals surface area contributed by atoms with E-state index in [0.29, 0.717) is 23.7 Å². The summed E-state index contributed by atoms with van der Waals surface area (Å²) in [7, 11) is 0. The summed E-state index contributed by atoms with van der Waals surface area (Å²) in [5, 5.41) is 6.48. The minimum atomic E-state index is -0.931. The lowest BCUT2D eigenvalue weighted by molar-refractivity contribution is 0.0943. The van der Waals surface area contributed by atoms with E-state index in [0.717, 1.165) is 53.0 Å². The van der Waals surface area contributed by atoms with E-state index in [1.54, 1.807) is 6.33 Å². The van der Waals surface area contributed by atoms with Gasteiger partial charge in [-0.15, -0.1) is 0 Å². The third-order valence-corrected chi connectivity index (χ3v) is 7.14. The highest BCUT2D eigenvalue weighted by Crippen LogP contribution is 2.33. The van der Waals surface area contributed by atoms with Crippen LogP contribution in [0.2, 0.25) is 0 Å². The van der Waals surface area contributed by atoms with Crippen LogP contribution in [0.25, 0.3) is 5.52 Å². The van der Waals surface area contributed by atoms with Crippen LogP contribution in [0.1, 0.15) is 78.2 Å². The monoisotopic (exact) mass is 502 g/mol. The number of anilines is 1. The molecule has 0 aliphatic heterocycles. The number of nitrogens with one attached hydrogen (secondary N) is 2. The number of hydrogen-bond acceptors (Lipinski definition) is 3. The molecule has 0 atom stereocenters. The molecule has 1 aliphatic rings. The molecule has 2 N–H and O–H groups in total. The number of carbonyl (C=O) groups is 1. The van der Waals surface area contributed by atoms with Gasteiger partial charge in [-0.2, -0.15) is 0 Å². The highest BCUT2D eigenvalue weighted by Gasteiger charge is 2.26. The van der Waals surface area contributed by atoms with Gasteiger partial charge >= 0.3 is 0 Å². The topological polar surface area (TPSA) is 58.4 Å². The van der Waals surface area contributed by atoms with E-state index in [1.807, 2.05) is 22.6 Å². The van der Waals surface area contributed by atoms with E-state index in [4.69, 9.17) is 0 Å². The lowest BCUT2D eigenvalue weighted by atomic mass is 9.93. The van der Waals surface area contributed by atoms with E-state index in [9.17, 15) is 13.6 Å². The van der Waals surface area contributed by atoms with Crippen molar-refractivity contribution in [1.29, 1.82) is 0 Å². The van der Waals surface area contributed by atoms with Crippen molar-refractivity contribution in [3.63, 3.8) is 0 Å². The smallest absolute Gasteiger partial charge is 0.268 e. The van der Waals surface area contributed by atoms with Crippen molar-refractivity contribution in [2.45, 2.75) is 64.5 Å². The standard InChI is InChI=1S/C30H32F2N4O/c1-19(2)28-23(14-20-8-4-3-5-9-20)26-16-27(35-22-10-6-7-11-22)34-18-36(26)29(28)30(37)33-17-21-12-13-24(31)25(32)15-21/h3-5,8-9,12-13,15-16,18-19,22,35H,6-7,10-11,14,17H2,1-2H3,(H,33,37). The Morgan fingerprint density at radius 2 is 1.78 bits per heavy atom. The van der Waals surface area contributed by atoms with Gasteiger partial charge in [0.2, 0.25) is 0 Å². The molecule has 0 saturated heterocycles. The molecule has 2 aromatic carbocycles. The summed E-state index contributed by atoms with van der Waals surface area (Å²) in [6, 6.07) is 16.4. The Labute approximate surface area is 215 Å². The van der Waals surface area contributed by atoms with Gasteiger partial charge in [-0.3, -0.25) is 9.20 Å². The van der Waals surface area contributed by atoms with Crippen LogP contribution in [-0.2, 0) is 13.0 Å². The Kier molecular flexibility index (Phi) is 7.22. The van der Waals surface area contributed by atoms with Crippen molar-refractivity contribution in [3.8, 4) is 0 Å². The van der Waals surface area contributed by atoms with Gasteiger partial charge in [0.1, 0.15) is 17.8 Å². The highest BCUT2D eigenvalue weighted by atomic mass is 19.2. The van der Waals surface area contributed by atoms with E-state index in [1.165, 1.54) is 18.9 Å². The highest BCUT2D eigenvalue weighted by molar-refractivity contribution is 5.97. The van der Waals surface area contributed by atoms with Crippen LogP contribution in [0.5, 0.6) is 0 Å². The molecule has 0 spiro atoms. The molecule has 192 valence electrons. The molecule has 2 aromatic heterocycles. The van der Waals surface area contributed by atoms with Crippen LogP contribution in [0.3, 0.4) is 0 Å². The van der Waals surface area contributed by atoms with Crippen molar-refractivity contribution < 1.29 is 13.6 Å². The maximum absolute atomic E-state index is 13.7. The molecule has 1 aliphatic carbocycles. The predicted octanol–water partition coefficient (Wildman–Crippen LogP) is 6.61. The quantitative estimate of drug-likeness (QED) is 0.285. The number of nitrogens with zero attached hydrogens (tertiary/aromatic N) is 2. The van der Waals surface area contributed by atoms with Crippen molar-refractivity contribution in [2.75, 3.05) is 5.32 Å². The van der Waals surface area contributed by atoms with Gasteiger partial charge in [0.15, 0.2) is 11.6 Å². The normalized spacial score (nSPS) is 14.0. The second kappa shape index (κ2) is 10.7. The van der Waals surface area contributed by atoms with E-state index in [2.05, 4.69) is 47.7 Å². The lowest BCUT2D eigenvalue weighted by Gasteiger charge is -2.13. The molecular formula is C30H32F2N4O. The summed E-state index contributed by atoms with van der Waals surface area (Å²) in [5.41, 5.74) is 5.18. The summed E-state index contributed by atoms with van der Waals surface area (Å²) in [6.07, 6.45) is 7.13. The molecule has 1 fully saturated rings. The zero-order valence-electron chi connectivity index (χ0n) is 21.2. The number of aromatic nitrogens is 2. The predicted molar refractivity (Wildman–Crippen MR) is 142 cm³/mol. The molecule has 5 rings (SSSR count). The first-order valence-electron chi connectivity index (χ1n) is 13.0. The number of carbonyl (C=O) groups excluding carboxylic acids is 1. The first-order valence-corrected chi connectivity index (χ1v) is 13.0. The zero-order chi connectivity index (χ0) is 25.9. The Balaban J connectivity index is 1.55. The van der Waals surface area contributed by atoms with Crippen molar-refractivity contribution in [3.05, 3.63) is 101 Å². The molecule has 2 heterocycles. The van der Waals surface area contributed by atoms with E-state index >= 15 is 0 Å². The van der Waals surface area contributed by atoms with E-state index < -0.39 is 11.6 Å². The molecule has 7 heteroatoms. The van der Waals surface area contributed by atoms with Crippen LogP contribution in [0, 0.1) is 11.6 Å². The van der Waals surface area contributed by atoms with Gasteiger partial charge in [-0.05, 0) is 59.6 Å². The van der Waals surface area contributed by atoms with Crippen LogP contribution in [0.15, 0.2) is 60.9 Å². The van der Waals surface area contributed by atoms with Crippen molar-refractivity contribution in [1.82, 2.24) is 14.7 Å². The number of halogens is 2. The first kappa shape index (κ1) is 24.9. The summed E-state index contributed by atoms with van der Waals surface area (Å²) >= 11 is 0. The molecule has 5 nitrogen and oxygen atoms in total. The van der Waals surface area contributed by atoms with Gasteiger partial charge in [-0.25, -0.2) is 13.8 Å². The third kappa shape index (κ3) is 5.36. The fourth-order valence-corrected chi connectivity index (χ4v) is 5.35. The van der Waals surface area contributed by atoms with Gasteiger partial charge in [0, 0.05) is 18.7 Å². The lowest BCUT2D eigenvalue weighted by Crippen LogP contribution is -2.26. The average Bonchev–Trinajstić information content (AvgIpc) is 3.51. The minimum Gasteiger partial charge on any atom is -0.367 e. The molecule has 1 amide bonds. The number of hydrogen-bond donors (Lipinski definition) is 2. The number of benzene rings is 2. The average molecular weight is 503 g/mol. The largest absolute Gasteiger partial charge is 0.367 e. The van der Waals surface area contributed by atoms with Gasteiger partial charge < -0.3 is 10.6 Å². The molecular weight excluding hydrogens is 470 g/mol. The van der Waals surface area contributed by atoms with Crippen LogP contribution >= 0.6 is 0 Å². The maximum Gasteiger partial charge on any atom is 0.268 e. The van der Waals surface area contributed by atoms with Crippen LogP contribution < -0.4 is 10.6 Å². The number of amides is 1.